The number of aromatic amines is 1. The zero-order valence-corrected chi connectivity index (χ0v) is 17.4. The van der Waals surface area contributed by atoms with Crippen LogP contribution in [0.25, 0.3) is 10.9 Å². The van der Waals surface area contributed by atoms with Gasteiger partial charge in [-0.25, -0.2) is 5.43 Å². The van der Waals surface area contributed by atoms with Crippen LogP contribution in [0.1, 0.15) is 17.2 Å². The molecular weight excluding hydrogens is 390 g/mol. The molecule has 3 aromatic rings. The Bertz CT molecular complexity index is 1070. The topological polar surface area (TPSA) is 80.5 Å². The summed E-state index contributed by atoms with van der Waals surface area (Å²) in [7, 11) is 0. The van der Waals surface area contributed by atoms with E-state index in [9.17, 15) is 9.59 Å². The van der Waals surface area contributed by atoms with Crippen molar-refractivity contribution in [1.29, 1.82) is 0 Å². The number of rotatable bonds is 4. The van der Waals surface area contributed by atoms with Crippen LogP contribution in [0, 0.1) is 5.92 Å². The molecule has 2 fully saturated rings. The Balaban J connectivity index is 1.19. The molecule has 0 aliphatic carbocycles. The number of fused-ring (bicyclic) bond motifs is 1. The van der Waals surface area contributed by atoms with Crippen LogP contribution < -0.4 is 10.9 Å². The molecule has 7 nitrogen and oxygen atoms in total. The maximum absolute atomic E-state index is 13.2. The van der Waals surface area contributed by atoms with Gasteiger partial charge in [-0.2, -0.15) is 0 Å². The highest BCUT2D eigenvalue weighted by atomic mass is 16.2. The third kappa shape index (κ3) is 3.94. The zero-order chi connectivity index (χ0) is 21.2. The maximum Gasteiger partial charge on any atom is 0.229 e. The summed E-state index contributed by atoms with van der Waals surface area (Å²) in [4.78, 5) is 33.1. The summed E-state index contributed by atoms with van der Waals surface area (Å²) in [6, 6.07) is 18.1. The fourth-order valence-corrected chi connectivity index (χ4v) is 4.67. The van der Waals surface area contributed by atoms with E-state index in [-0.39, 0.29) is 23.8 Å². The van der Waals surface area contributed by atoms with Crippen LogP contribution in [-0.2, 0) is 16.0 Å². The second-order valence-electron chi connectivity index (χ2n) is 8.26. The molecule has 2 atom stereocenters. The molecule has 1 aromatic heterocycles. The molecule has 7 heteroatoms. The van der Waals surface area contributed by atoms with E-state index < -0.39 is 0 Å². The third-order valence-electron chi connectivity index (χ3n) is 6.42. The maximum atomic E-state index is 13.2. The fraction of sp³-hybridized carbons (Fsp3) is 0.333. The number of piperazine rings is 1. The van der Waals surface area contributed by atoms with E-state index in [0.29, 0.717) is 39.1 Å². The lowest BCUT2D eigenvalue weighted by atomic mass is 9.93. The molecular formula is C24H27N5O2. The molecule has 0 spiro atoms. The molecule has 3 N–H and O–H groups in total. The Morgan fingerprint density at radius 2 is 1.61 bits per heavy atom. The van der Waals surface area contributed by atoms with Gasteiger partial charge in [-0.3, -0.25) is 15.0 Å². The van der Waals surface area contributed by atoms with Crippen molar-refractivity contribution < 1.29 is 9.59 Å². The predicted octanol–water partition coefficient (Wildman–Crippen LogP) is 1.85. The molecule has 0 bridgehead atoms. The number of amides is 2. The molecule has 2 amide bonds. The SMILES string of the molecule is O=C(Cc1c[nH]c2ccccc12)N1CCN(C(=O)C2CNNC2c2ccccc2)CC1. The number of hydrogen-bond donors (Lipinski definition) is 3. The normalized spacial score (nSPS) is 21.5. The van der Waals surface area contributed by atoms with Crippen LogP contribution in [0.3, 0.4) is 0 Å². The van der Waals surface area contributed by atoms with Gasteiger partial charge >= 0.3 is 0 Å². The van der Waals surface area contributed by atoms with Crippen LogP contribution in [-0.4, -0.2) is 59.3 Å². The van der Waals surface area contributed by atoms with Crippen LogP contribution in [0.15, 0.2) is 60.8 Å². The van der Waals surface area contributed by atoms with Gasteiger partial charge in [0.1, 0.15) is 0 Å². The molecule has 31 heavy (non-hydrogen) atoms. The number of carbonyl (C=O) groups excluding carboxylic acids is 2. The minimum atomic E-state index is -0.143. The first-order valence-corrected chi connectivity index (χ1v) is 10.9. The molecule has 0 saturated carbocycles. The molecule has 2 aromatic carbocycles. The minimum Gasteiger partial charge on any atom is -0.361 e. The molecule has 5 rings (SSSR count). The summed E-state index contributed by atoms with van der Waals surface area (Å²) in [5.41, 5.74) is 9.57. The van der Waals surface area contributed by atoms with E-state index in [1.54, 1.807) is 0 Å². The van der Waals surface area contributed by atoms with Crippen molar-refractivity contribution in [2.24, 2.45) is 5.92 Å². The summed E-state index contributed by atoms with van der Waals surface area (Å²) >= 11 is 0. The number of para-hydroxylation sites is 1. The van der Waals surface area contributed by atoms with E-state index in [4.69, 9.17) is 0 Å². The Kier molecular flexibility index (Phi) is 5.44. The smallest absolute Gasteiger partial charge is 0.229 e. The molecule has 3 heterocycles. The standard InChI is InChI=1S/C24H27N5O2/c30-22(14-18-15-25-21-9-5-4-8-19(18)21)28-10-12-29(13-11-28)24(31)20-16-26-27-23(20)17-6-2-1-3-7-17/h1-9,15,20,23,25-27H,10-14,16H2. The zero-order valence-electron chi connectivity index (χ0n) is 17.4. The molecule has 0 radical (unpaired) electrons. The van der Waals surface area contributed by atoms with E-state index in [2.05, 4.69) is 15.8 Å². The number of carbonyl (C=O) groups is 2. The van der Waals surface area contributed by atoms with Crippen molar-refractivity contribution in [2.45, 2.75) is 12.5 Å². The van der Waals surface area contributed by atoms with Crippen molar-refractivity contribution >= 4 is 22.7 Å². The Hall–Kier alpha value is -3.16. The van der Waals surface area contributed by atoms with Gasteiger partial charge in [-0.1, -0.05) is 48.5 Å². The molecule has 2 saturated heterocycles. The number of aromatic nitrogens is 1. The van der Waals surface area contributed by atoms with Gasteiger partial charge in [0, 0.05) is 49.8 Å². The number of benzene rings is 2. The second kappa shape index (κ2) is 8.53. The quantitative estimate of drug-likeness (QED) is 0.605. The summed E-state index contributed by atoms with van der Waals surface area (Å²) < 4.78 is 0. The summed E-state index contributed by atoms with van der Waals surface area (Å²) in [6.45, 7) is 2.93. The van der Waals surface area contributed by atoms with Gasteiger partial charge in [-0.15, -0.1) is 0 Å². The molecule has 2 unspecified atom stereocenters. The highest BCUT2D eigenvalue weighted by Gasteiger charge is 2.37. The summed E-state index contributed by atoms with van der Waals surface area (Å²) in [6.07, 6.45) is 2.30. The van der Waals surface area contributed by atoms with E-state index in [1.165, 1.54) is 0 Å². The number of nitrogens with zero attached hydrogens (tertiary/aromatic N) is 2. The van der Waals surface area contributed by atoms with E-state index >= 15 is 0 Å². The summed E-state index contributed by atoms with van der Waals surface area (Å²) in [5.74, 6) is 0.120. The Labute approximate surface area is 181 Å². The lowest BCUT2D eigenvalue weighted by Crippen LogP contribution is -2.53. The van der Waals surface area contributed by atoms with Crippen molar-refractivity contribution in [3.63, 3.8) is 0 Å². The van der Waals surface area contributed by atoms with E-state index in [1.807, 2.05) is 70.6 Å². The number of hydrogen-bond acceptors (Lipinski definition) is 4. The van der Waals surface area contributed by atoms with Gasteiger partial charge in [0.15, 0.2) is 0 Å². The van der Waals surface area contributed by atoms with Crippen molar-refractivity contribution in [2.75, 3.05) is 32.7 Å². The first kappa shape index (κ1) is 19.8. The van der Waals surface area contributed by atoms with Crippen molar-refractivity contribution in [3.05, 3.63) is 71.9 Å². The van der Waals surface area contributed by atoms with Crippen LogP contribution in [0.5, 0.6) is 0 Å². The number of nitrogens with one attached hydrogen (secondary N) is 3. The van der Waals surface area contributed by atoms with Gasteiger partial charge in [0.05, 0.1) is 18.4 Å². The van der Waals surface area contributed by atoms with Gasteiger partial charge in [-0.05, 0) is 17.2 Å². The average Bonchev–Trinajstić information content (AvgIpc) is 3.47. The van der Waals surface area contributed by atoms with Crippen molar-refractivity contribution in [3.8, 4) is 0 Å². The van der Waals surface area contributed by atoms with Gasteiger partial charge in [0.2, 0.25) is 11.8 Å². The molecule has 2 aliphatic heterocycles. The van der Waals surface area contributed by atoms with E-state index in [0.717, 1.165) is 22.0 Å². The second-order valence-corrected chi connectivity index (χ2v) is 8.26. The average molecular weight is 418 g/mol. The highest BCUT2D eigenvalue weighted by molar-refractivity contribution is 5.89. The first-order chi connectivity index (χ1) is 15.2. The minimum absolute atomic E-state index is 0.0322. The lowest BCUT2D eigenvalue weighted by molar-refractivity contribution is -0.141. The third-order valence-corrected chi connectivity index (χ3v) is 6.42. The first-order valence-electron chi connectivity index (χ1n) is 10.9. The lowest BCUT2D eigenvalue weighted by Gasteiger charge is -2.36. The predicted molar refractivity (Wildman–Crippen MR) is 119 cm³/mol. The van der Waals surface area contributed by atoms with Crippen LogP contribution >= 0.6 is 0 Å². The van der Waals surface area contributed by atoms with Crippen LogP contribution in [0.4, 0.5) is 0 Å². The van der Waals surface area contributed by atoms with Crippen LogP contribution in [0.2, 0.25) is 0 Å². The molecule has 160 valence electrons. The van der Waals surface area contributed by atoms with Gasteiger partial charge < -0.3 is 14.8 Å². The number of hydrazine groups is 1. The monoisotopic (exact) mass is 417 g/mol. The number of H-pyrrole nitrogens is 1. The van der Waals surface area contributed by atoms with Gasteiger partial charge in [0.25, 0.3) is 0 Å². The summed E-state index contributed by atoms with van der Waals surface area (Å²) in [5, 5.41) is 1.10. The largest absolute Gasteiger partial charge is 0.361 e. The fourth-order valence-electron chi connectivity index (χ4n) is 4.67. The Morgan fingerprint density at radius 3 is 2.42 bits per heavy atom. The van der Waals surface area contributed by atoms with Crippen molar-refractivity contribution in [1.82, 2.24) is 25.6 Å². The Morgan fingerprint density at radius 1 is 0.903 bits per heavy atom. The highest BCUT2D eigenvalue weighted by Crippen LogP contribution is 2.27. The molecule has 2 aliphatic rings.